The van der Waals surface area contributed by atoms with Crippen molar-refractivity contribution in [2.75, 3.05) is 13.1 Å². The Morgan fingerprint density at radius 2 is 1.89 bits per heavy atom. The van der Waals surface area contributed by atoms with E-state index in [1.165, 1.54) is 0 Å². The highest BCUT2D eigenvalue weighted by atomic mass is 16.2. The van der Waals surface area contributed by atoms with Crippen LogP contribution in [0.3, 0.4) is 0 Å². The molecule has 0 aliphatic carbocycles. The first-order valence-corrected chi connectivity index (χ1v) is 9.97. The molecule has 3 rings (SSSR count). The predicted molar refractivity (Wildman–Crippen MR) is 110 cm³/mol. The van der Waals surface area contributed by atoms with Gasteiger partial charge in [-0.25, -0.2) is 0 Å². The van der Waals surface area contributed by atoms with Gasteiger partial charge < -0.3 is 10.6 Å². The molecule has 0 radical (unpaired) electrons. The van der Waals surface area contributed by atoms with Crippen LogP contribution in [-0.2, 0) is 16.0 Å². The van der Waals surface area contributed by atoms with Crippen LogP contribution in [0.5, 0.6) is 0 Å². The van der Waals surface area contributed by atoms with Gasteiger partial charge in [0.25, 0.3) is 0 Å². The molecule has 1 fully saturated rings. The van der Waals surface area contributed by atoms with Crippen molar-refractivity contribution in [2.45, 2.75) is 39.5 Å². The van der Waals surface area contributed by atoms with Gasteiger partial charge in [-0.3, -0.25) is 14.6 Å². The number of hydrogen-bond acceptors (Lipinski definition) is 3. The van der Waals surface area contributed by atoms with Crippen LogP contribution in [0.1, 0.15) is 38.7 Å². The number of aromatic nitrogens is 1. The number of primary amides is 1. The fourth-order valence-electron chi connectivity index (χ4n) is 4.11. The van der Waals surface area contributed by atoms with Gasteiger partial charge in [0.1, 0.15) is 0 Å². The van der Waals surface area contributed by atoms with E-state index < -0.39 is 5.41 Å². The zero-order valence-electron chi connectivity index (χ0n) is 16.7. The lowest BCUT2D eigenvalue weighted by atomic mass is 9.73. The number of nitrogens with two attached hydrogens (primary N) is 1. The molecule has 1 aliphatic rings. The third kappa shape index (κ3) is 4.41. The van der Waals surface area contributed by atoms with Crippen molar-refractivity contribution in [3.05, 3.63) is 54.4 Å². The summed E-state index contributed by atoms with van der Waals surface area (Å²) in [7, 11) is 0. The van der Waals surface area contributed by atoms with Gasteiger partial charge >= 0.3 is 0 Å². The maximum absolute atomic E-state index is 12.6. The van der Waals surface area contributed by atoms with Crippen LogP contribution < -0.4 is 5.73 Å². The number of rotatable bonds is 6. The summed E-state index contributed by atoms with van der Waals surface area (Å²) in [5, 5.41) is 0. The number of piperidine rings is 1. The molecule has 2 heterocycles. The maximum atomic E-state index is 12.6. The first kappa shape index (κ1) is 20.1. The van der Waals surface area contributed by atoms with Crippen molar-refractivity contribution in [2.24, 2.45) is 17.1 Å². The summed E-state index contributed by atoms with van der Waals surface area (Å²) in [6.07, 6.45) is 6.07. The SMILES string of the molecule is CC(C)CC(=O)N1CCCC(Cc2ccccc2-c2ccncc2)(C(N)=O)C1. The fraction of sp³-hybridized carbons (Fsp3) is 0.435. The molecule has 5 nitrogen and oxygen atoms in total. The molecule has 1 saturated heterocycles. The molecule has 28 heavy (non-hydrogen) atoms. The second-order valence-electron chi connectivity index (χ2n) is 8.23. The smallest absolute Gasteiger partial charge is 0.225 e. The third-order valence-corrected chi connectivity index (χ3v) is 5.57. The number of nitrogens with zero attached hydrogens (tertiary/aromatic N) is 2. The Labute approximate surface area is 167 Å². The standard InChI is InChI=1S/C23H29N3O2/c1-17(2)14-21(27)26-13-5-10-23(16-26,22(24)28)15-19-6-3-4-7-20(19)18-8-11-25-12-9-18/h3-4,6-9,11-12,17H,5,10,13-16H2,1-2H3,(H2,24,28). The molecule has 2 N–H and O–H groups in total. The van der Waals surface area contributed by atoms with Crippen molar-refractivity contribution in [3.63, 3.8) is 0 Å². The maximum Gasteiger partial charge on any atom is 0.225 e. The quantitative estimate of drug-likeness (QED) is 0.835. The van der Waals surface area contributed by atoms with Crippen LogP contribution in [-0.4, -0.2) is 34.8 Å². The predicted octanol–water partition coefficient (Wildman–Crippen LogP) is 3.43. The van der Waals surface area contributed by atoms with Crippen molar-refractivity contribution in [3.8, 4) is 11.1 Å². The Balaban J connectivity index is 1.90. The van der Waals surface area contributed by atoms with E-state index in [2.05, 4.69) is 17.1 Å². The minimum atomic E-state index is -0.728. The minimum Gasteiger partial charge on any atom is -0.369 e. The summed E-state index contributed by atoms with van der Waals surface area (Å²) in [5.41, 5.74) is 8.41. The Morgan fingerprint density at radius 1 is 1.18 bits per heavy atom. The van der Waals surface area contributed by atoms with Crippen LogP contribution >= 0.6 is 0 Å². The Hall–Kier alpha value is -2.69. The molecule has 0 bridgehead atoms. The fourth-order valence-corrected chi connectivity index (χ4v) is 4.11. The largest absolute Gasteiger partial charge is 0.369 e. The van der Waals surface area contributed by atoms with Gasteiger partial charge in [-0.2, -0.15) is 0 Å². The van der Waals surface area contributed by atoms with Crippen LogP contribution in [0.2, 0.25) is 0 Å². The zero-order chi connectivity index (χ0) is 20.1. The average Bonchev–Trinajstić information content (AvgIpc) is 2.68. The van der Waals surface area contributed by atoms with Gasteiger partial charge in [-0.15, -0.1) is 0 Å². The molecule has 1 aliphatic heterocycles. The summed E-state index contributed by atoms with van der Waals surface area (Å²) >= 11 is 0. The average molecular weight is 380 g/mol. The number of carbonyl (C=O) groups is 2. The molecule has 1 unspecified atom stereocenters. The lowest BCUT2D eigenvalue weighted by molar-refractivity contribution is -0.140. The number of carbonyl (C=O) groups excluding carboxylic acids is 2. The van der Waals surface area contributed by atoms with Crippen LogP contribution in [0.25, 0.3) is 11.1 Å². The van der Waals surface area contributed by atoms with Gasteiger partial charge in [-0.1, -0.05) is 38.1 Å². The first-order valence-electron chi connectivity index (χ1n) is 9.97. The Morgan fingerprint density at radius 3 is 2.57 bits per heavy atom. The molecule has 1 aromatic heterocycles. The molecule has 0 saturated carbocycles. The van der Waals surface area contributed by atoms with Crippen LogP contribution in [0.15, 0.2) is 48.8 Å². The normalized spacial score (nSPS) is 19.6. The molecule has 2 aromatic rings. The van der Waals surface area contributed by atoms with Crippen molar-refractivity contribution in [1.82, 2.24) is 9.88 Å². The number of benzene rings is 1. The van der Waals surface area contributed by atoms with Gasteiger partial charge in [0.05, 0.1) is 5.41 Å². The van der Waals surface area contributed by atoms with Gasteiger partial charge in [0.15, 0.2) is 0 Å². The number of pyridine rings is 1. The van der Waals surface area contributed by atoms with Crippen molar-refractivity contribution in [1.29, 1.82) is 0 Å². The summed E-state index contributed by atoms with van der Waals surface area (Å²) in [4.78, 5) is 31.1. The Kier molecular flexibility index (Phi) is 6.12. The number of likely N-dealkylation sites (tertiary alicyclic amines) is 1. The highest BCUT2D eigenvalue weighted by molar-refractivity contribution is 5.84. The lowest BCUT2D eigenvalue weighted by Gasteiger charge is -2.41. The third-order valence-electron chi connectivity index (χ3n) is 5.57. The second-order valence-corrected chi connectivity index (χ2v) is 8.23. The molecule has 0 spiro atoms. The van der Waals surface area contributed by atoms with Crippen LogP contribution in [0, 0.1) is 11.3 Å². The molecular formula is C23H29N3O2. The monoisotopic (exact) mass is 379 g/mol. The van der Waals surface area contributed by atoms with E-state index in [0.717, 1.165) is 23.1 Å². The highest BCUT2D eigenvalue weighted by Gasteiger charge is 2.42. The molecular weight excluding hydrogens is 350 g/mol. The van der Waals surface area contributed by atoms with Gasteiger partial charge in [0, 0.05) is 31.9 Å². The highest BCUT2D eigenvalue weighted by Crippen LogP contribution is 2.37. The summed E-state index contributed by atoms with van der Waals surface area (Å²) < 4.78 is 0. The van der Waals surface area contributed by atoms with E-state index >= 15 is 0 Å². The van der Waals surface area contributed by atoms with Crippen LogP contribution in [0.4, 0.5) is 0 Å². The second kappa shape index (κ2) is 8.55. The zero-order valence-corrected chi connectivity index (χ0v) is 16.7. The van der Waals surface area contributed by atoms with E-state index in [0.29, 0.717) is 38.3 Å². The lowest BCUT2D eigenvalue weighted by Crippen LogP contribution is -2.53. The minimum absolute atomic E-state index is 0.114. The van der Waals surface area contributed by atoms with E-state index in [1.807, 2.05) is 43.0 Å². The van der Waals surface area contributed by atoms with E-state index in [-0.39, 0.29) is 11.8 Å². The summed E-state index contributed by atoms with van der Waals surface area (Å²) in [6, 6.07) is 12.0. The summed E-state index contributed by atoms with van der Waals surface area (Å²) in [5.74, 6) is 0.0895. The first-order chi connectivity index (χ1) is 13.4. The molecule has 148 valence electrons. The van der Waals surface area contributed by atoms with Crippen molar-refractivity contribution < 1.29 is 9.59 Å². The molecule has 1 aromatic carbocycles. The summed E-state index contributed by atoms with van der Waals surface area (Å²) in [6.45, 7) is 5.17. The van der Waals surface area contributed by atoms with Gasteiger partial charge in [0.2, 0.25) is 11.8 Å². The Bertz CT molecular complexity index is 835. The van der Waals surface area contributed by atoms with E-state index in [4.69, 9.17) is 5.73 Å². The number of amides is 2. The molecule has 5 heteroatoms. The topological polar surface area (TPSA) is 76.3 Å². The van der Waals surface area contributed by atoms with Crippen molar-refractivity contribution >= 4 is 11.8 Å². The molecule has 1 atom stereocenters. The van der Waals surface area contributed by atoms with E-state index in [1.54, 1.807) is 12.4 Å². The number of hydrogen-bond donors (Lipinski definition) is 1. The molecule has 2 amide bonds. The van der Waals surface area contributed by atoms with E-state index in [9.17, 15) is 9.59 Å². The van der Waals surface area contributed by atoms with Gasteiger partial charge in [-0.05, 0) is 54.0 Å².